The van der Waals surface area contributed by atoms with Crippen LogP contribution in [-0.4, -0.2) is 30.2 Å². The van der Waals surface area contributed by atoms with Gasteiger partial charge in [-0.2, -0.15) is 0 Å². The Labute approximate surface area is 127 Å². The van der Waals surface area contributed by atoms with Crippen LogP contribution in [0.1, 0.15) is 39.2 Å². The van der Waals surface area contributed by atoms with Crippen LogP contribution in [0.3, 0.4) is 0 Å². The number of hydrogen-bond donors (Lipinski definition) is 0. The number of carbonyl (C=O) groups is 1. The molecule has 0 aliphatic carbocycles. The third kappa shape index (κ3) is 5.14. The summed E-state index contributed by atoms with van der Waals surface area (Å²) >= 11 is 0. The molecule has 1 aromatic rings. The second-order valence-electron chi connectivity index (χ2n) is 6.55. The van der Waals surface area contributed by atoms with E-state index in [2.05, 4.69) is 12.1 Å². The van der Waals surface area contributed by atoms with Gasteiger partial charge in [0.05, 0.1) is 18.1 Å². The number of piperidine rings is 1. The molecule has 21 heavy (non-hydrogen) atoms. The molecule has 1 aliphatic heterocycles. The van der Waals surface area contributed by atoms with Crippen molar-refractivity contribution in [1.82, 2.24) is 5.06 Å². The van der Waals surface area contributed by atoms with Crippen LogP contribution in [0.2, 0.25) is 0 Å². The van der Waals surface area contributed by atoms with Gasteiger partial charge in [-0.1, -0.05) is 30.3 Å². The molecule has 0 spiro atoms. The van der Waals surface area contributed by atoms with Crippen molar-refractivity contribution in [2.45, 2.75) is 46.3 Å². The third-order valence-corrected chi connectivity index (χ3v) is 3.55. The van der Waals surface area contributed by atoms with Crippen molar-refractivity contribution in [1.29, 1.82) is 0 Å². The normalized spacial score (nSPS) is 17.7. The summed E-state index contributed by atoms with van der Waals surface area (Å²) in [4.78, 5) is 17.2. The van der Waals surface area contributed by atoms with E-state index < -0.39 is 5.41 Å². The fraction of sp³-hybridized carbons (Fsp3) is 0.588. The zero-order chi connectivity index (χ0) is 15.3. The van der Waals surface area contributed by atoms with Crippen molar-refractivity contribution in [3.63, 3.8) is 0 Å². The molecule has 1 fully saturated rings. The number of benzene rings is 1. The number of carbonyl (C=O) groups excluding carboxylic acids is 1. The monoisotopic (exact) mass is 291 g/mol. The molecule has 0 atom stereocenters. The lowest BCUT2D eigenvalue weighted by Gasteiger charge is -2.32. The first-order valence-electron chi connectivity index (χ1n) is 7.58. The average Bonchev–Trinajstić information content (AvgIpc) is 2.46. The number of hydroxylamine groups is 2. The second-order valence-corrected chi connectivity index (χ2v) is 6.55. The summed E-state index contributed by atoms with van der Waals surface area (Å²) in [6.45, 7) is 7.72. The molecule has 116 valence electrons. The molecule has 0 aromatic heterocycles. The Morgan fingerprint density at radius 1 is 1.19 bits per heavy atom. The van der Waals surface area contributed by atoms with E-state index in [1.807, 2.05) is 39.0 Å². The third-order valence-electron chi connectivity index (χ3n) is 3.55. The van der Waals surface area contributed by atoms with Gasteiger partial charge in [0.15, 0.2) is 0 Å². The molecular weight excluding hydrogens is 266 g/mol. The summed E-state index contributed by atoms with van der Waals surface area (Å²) in [6.07, 6.45) is 2.03. The van der Waals surface area contributed by atoms with Crippen LogP contribution >= 0.6 is 0 Å². The molecule has 0 bridgehead atoms. The minimum Gasteiger partial charge on any atom is -0.373 e. The van der Waals surface area contributed by atoms with Crippen LogP contribution in [0, 0.1) is 5.41 Å². The molecule has 0 N–H and O–H groups in total. The number of ether oxygens (including phenoxy) is 1. The van der Waals surface area contributed by atoms with Crippen molar-refractivity contribution >= 4 is 5.97 Å². The predicted octanol–water partition coefficient (Wildman–Crippen LogP) is 3.17. The Kier molecular flexibility index (Phi) is 5.37. The van der Waals surface area contributed by atoms with Crippen molar-refractivity contribution < 1.29 is 14.4 Å². The standard InChI is InChI=1S/C17H25NO3/c1-17(2,3)16(19)21-18-11-9-15(10-12-18)20-13-14-7-5-4-6-8-14/h4-8,15H,9-13H2,1-3H3. The van der Waals surface area contributed by atoms with Gasteiger partial charge in [-0.25, -0.2) is 4.79 Å². The van der Waals surface area contributed by atoms with Crippen molar-refractivity contribution in [3.05, 3.63) is 35.9 Å². The summed E-state index contributed by atoms with van der Waals surface area (Å²) < 4.78 is 5.92. The molecular formula is C17H25NO3. The molecule has 1 heterocycles. The molecule has 1 saturated heterocycles. The summed E-state index contributed by atoms with van der Waals surface area (Å²) in [5.74, 6) is -0.175. The van der Waals surface area contributed by atoms with Crippen molar-refractivity contribution in [2.75, 3.05) is 13.1 Å². The van der Waals surface area contributed by atoms with E-state index in [1.54, 1.807) is 5.06 Å². The van der Waals surface area contributed by atoms with Gasteiger partial charge in [-0.05, 0) is 39.2 Å². The molecule has 0 amide bonds. The summed E-state index contributed by atoms with van der Waals surface area (Å²) in [7, 11) is 0. The van der Waals surface area contributed by atoms with Crippen LogP contribution in [0.4, 0.5) is 0 Å². The fourth-order valence-corrected chi connectivity index (χ4v) is 2.13. The van der Waals surface area contributed by atoms with Crippen molar-refractivity contribution in [3.8, 4) is 0 Å². The Balaban J connectivity index is 1.70. The van der Waals surface area contributed by atoms with Gasteiger partial charge < -0.3 is 9.57 Å². The summed E-state index contributed by atoms with van der Waals surface area (Å²) in [6, 6.07) is 10.2. The zero-order valence-electron chi connectivity index (χ0n) is 13.2. The second kappa shape index (κ2) is 7.05. The van der Waals surface area contributed by atoms with E-state index in [0.29, 0.717) is 6.61 Å². The molecule has 2 rings (SSSR count). The molecule has 0 saturated carbocycles. The minimum absolute atomic E-state index is 0.175. The van der Waals surface area contributed by atoms with E-state index in [0.717, 1.165) is 25.9 Å². The fourth-order valence-electron chi connectivity index (χ4n) is 2.13. The van der Waals surface area contributed by atoms with E-state index in [9.17, 15) is 4.79 Å². The van der Waals surface area contributed by atoms with Gasteiger partial charge in [-0.15, -0.1) is 5.06 Å². The van der Waals surface area contributed by atoms with Crippen LogP contribution in [0.15, 0.2) is 30.3 Å². The largest absolute Gasteiger partial charge is 0.373 e. The Bertz CT molecular complexity index is 445. The maximum Gasteiger partial charge on any atom is 0.330 e. The molecule has 4 heteroatoms. The van der Waals surface area contributed by atoms with Gasteiger partial charge in [0, 0.05) is 13.1 Å². The highest BCUT2D eigenvalue weighted by atomic mass is 16.7. The number of nitrogens with zero attached hydrogens (tertiary/aromatic N) is 1. The van der Waals surface area contributed by atoms with Gasteiger partial charge in [0.1, 0.15) is 0 Å². The van der Waals surface area contributed by atoms with E-state index in [1.165, 1.54) is 5.56 Å². The molecule has 0 radical (unpaired) electrons. The first kappa shape index (κ1) is 16.0. The lowest BCUT2D eigenvalue weighted by atomic mass is 9.98. The predicted molar refractivity (Wildman–Crippen MR) is 81.4 cm³/mol. The maximum absolute atomic E-state index is 11.8. The van der Waals surface area contributed by atoms with E-state index in [4.69, 9.17) is 9.57 Å². The molecule has 1 aliphatic rings. The summed E-state index contributed by atoms with van der Waals surface area (Å²) in [5.41, 5.74) is 0.736. The first-order chi connectivity index (χ1) is 9.95. The van der Waals surface area contributed by atoms with E-state index >= 15 is 0 Å². The van der Waals surface area contributed by atoms with Gasteiger partial charge in [0.25, 0.3) is 0 Å². The maximum atomic E-state index is 11.8. The van der Waals surface area contributed by atoms with Crippen LogP contribution in [0.25, 0.3) is 0 Å². The van der Waals surface area contributed by atoms with Crippen molar-refractivity contribution in [2.24, 2.45) is 5.41 Å². The number of hydrogen-bond acceptors (Lipinski definition) is 4. The Hall–Kier alpha value is -1.39. The highest BCUT2D eigenvalue weighted by Crippen LogP contribution is 2.20. The topological polar surface area (TPSA) is 38.8 Å². The van der Waals surface area contributed by atoms with Crippen LogP contribution < -0.4 is 0 Å². The average molecular weight is 291 g/mol. The number of rotatable bonds is 4. The summed E-state index contributed by atoms with van der Waals surface area (Å²) in [5, 5.41) is 1.76. The highest BCUT2D eigenvalue weighted by Gasteiger charge is 2.28. The SMILES string of the molecule is CC(C)(C)C(=O)ON1CCC(OCc2ccccc2)CC1. The Morgan fingerprint density at radius 2 is 1.81 bits per heavy atom. The van der Waals surface area contributed by atoms with Gasteiger partial charge in [0.2, 0.25) is 0 Å². The smallest absolute Gasteiger partial charge is 0.330 e. The van der Waals surface area contributed by atoms with E-state index in [-0.39, 0.29) is 12.1 Å². The van der Waals surface area contributed by atoms with Gasteiger partial charge >= 0.3 is 5.97 Å². The van der Waals surface area contributed by atoms with Gasteiger partial charge in [-0.3, -0.25) is 0 Å². The zero-order valence-corrected chi connectivity index (χ0v) is 13.2. The molecule has 0 unspecified atom stereocenters. The highest BCUT2D eigenvalue weighted by molar-refractivity contribution is 5.75. The Morgan fingerprint density at radius 3 is 2.38 bits per heavy atom. The lowest BCUT2D eigenvalue weighted by Crippen LogP contribution is -2.40. The van der Waals surface area contributed by atoms with Crippen LogP contribution in [-0.2, 0) is 21.0 Å². The first-order valence-corrected chi connectivity index (χ1v) is 7.58. The molecule has 4 nitrogen and oxygen atoms in total. The lowest BCUT2D eigenvalue weighted by molar-refractivity contribution is -0.209. The minimum atomic E-state index is -0.458. The quantitative estimate of drug-likeness (QED) is 0.854. The van der Waals surface area contributed by atoms with Crippen LogP contribution in [0.5, 0.6) is 0 Å². The molecule has 1 aromatic carbocycles.